The van der Waals surface area contributed by atoms with E-state index in [1.165, 1.54) is 12.1 Å². The van der Waals surface area contributed by atoms with E-state index in [-0.39, 0.29) is 5.57 Å². The fraction of sp³-hybridized carbons (Fsp3) is 0.0800. The van der Waals surface area contributed by atoms with E-state index in [0.717, 1.165) is 16.0 Å². The molecule has 8 heteroatoms. The Morgan fingerprint density at radius 3 is 2.33 bits per heavy atom. The second-order valence-electron chi connectivity index (χ2n) is 7.50. The number of barbiturate groups is 1. The molecule has 0 bridgehead atoms. The van der Waals surface area contributed by atoms with Crippen molar-refractivity contribution in [3.63, 3.8) is 0 Å². The molecule has 0 spiro atoms. The van der Waals surface area contributed by atoms with Gasteiger partial charge in [0.05, 0.1) is 5.69 Å². The molecule has 5 nitrogen and oxygen atoms in total. The van der Waals surface area contributed by atoms with Gasteiger partial charge in [-0.05, 0) is 72.0 Å². The van der Waals surface area contributed by atoms with Crippen molar-refractivity contribution in [2.45, 2.75) is 13.3 Å². The second kappa shape index (κ2) is 9.40. The van der Waals surface area contributed by atoms with E-state index in [0.29, 0.717) is 38.3 Å². The van der Waals surface area contributed by atoms with Crippen LogP contribution in [-0.2, 0) is 16.0 Å². The summed E-state index contributed by atoms with van der Waals surface area (Å²) in [6, 6.07) is 16.6. The van der Waals surface area contributed by atoms with Crippen LogP contribution in [0, 0.1) is 6.92 Å². The van der Waals surface area contributed by atoms with Crippen LogP contribution in [0.3, 0.4) is 0 Å². The van der Waals surface area contributed by atoms with Crippen molar-refractivity contribution in [2.75, 3.05) is 4.90 Å². The number of rotatable bonds is 4. The molecule has 0 radical (unpaired) electrons. The Bertz CT molecular complexity index is 1330. The Hall–Kier alpha value is -3.12. The van der Waals surface area contributed by atoms with Gasteiger partial charge in [-0.3, -0.25) is 14.9 Å². The van der Waals surface area contributed by atoms with Crippen LogP contribution in [0.5, 0.6) is 0 Å². The quantitative estimate of drug-likeness (QED) is 0.343. The number of aryl methyl sites for hydroxylation is 1. The number of hydrogen-bond acceptors (Lipinski definition) is 3. The van der Waals surface area contributed by atoms with E-state index < -0.39 is 17.8 Å². The summed E-state index contributed by atoms with van der Waals surface area (Å²) >= 11 is 18.6. The summed E-state index contributed by atoms with van der Waals surface area (Å²) < 4.78 is 0. The normalized spacial score (nSPS) is 15.2. The Morgan fingerprint density at radius 2 is 1.58 bits per heavy atom. The van der Waals surface area contributed by atoms with Gasteiger partial charge in [-0.15, -0.1) is 0 Å². The van der Waals surface area contributed by atoms with Crippen LogP contribution in [-0.4, -0.2) is 17.8 Å². The van der Waals surface area contributed by atoms with E-state index >= 15 is 0 Å². The molecule has 1 heterocycles. The van der Waals surface area contributed by atoms with Gasteiger partial charge in [0.15, 0.2) is 0 Å². The Kier molecular flexibility index (Phi) is 6.56. The monoisotopic (exact) mass is 498 g/mol. The minimum Gasteiger partial charge on any atom is -0.273 e. The summed E-state index contributed by atoms with van der Waals surface area (Å²) in [6.45, 7) is 1.74. The fourth-order valence-electron chi connectivity index (χ4n) is 3.56. The molecule has 1 fully saturated rings. The number of nitrogens with one attached hydrogen (secondary N) is 1. The standard InChI is InChI=1S/C25H17Cl3N2O3/c1-14-6-8-19(27)13-22(14)30-24(32)20(23(31)29-25(30)33)12-17-11-18(26)9-7-15(17)10-16-4-2-3-5-21(16)28/h2-9,11-13H,10H2,1H3,(H,29,31,33)/b20-12+. The lowest BCUT2D eigenvalue weighted by Gasteiger charge is -2.27. The highest BCUT2D eigenvalue weighted by Gasteiger charge is 2.37. The summed E-state index contributed by atoms with van der Waals surface area (Å²) in [7, 11) is 0. The lowest BCUT2D eigenvalue weighted by Crippen LogP contribution is -2.54. The highest BCUT2D eigenvalue weighted by Crippen LogP contribution is 2.29. The number of amides is 4. The van der Waals surface area contributed by atoms with E-state index in [2.05, 4.69) is 5.32 Å². The van der Waals surface area contributed by atoms with Crippen LogP contribution in [0.1, 0.15) is 22.3 Å². The summed E-state index contributed by atoms with van der Waals surface area (Å²) in [5.74, 6) is -1.54. The Morgan fingerprint density at radius 1 is 0.879 bits per heavy atom. The first-order valence-corrected chi connectivity index (χ1v) is 11.1. The van der Waals surface area contributed by atoms with Gasteiger partial charge in [0.1, 0.15) is 5.57 Å². The van der Waals surface area contributed by atoms with Crippen molar-refractivity contribution in [3.8, 4) is 0 Å². The molecule has 0 saturated carbocycles. The zero-order valence-corrected chi connectivity index (χ0v) is 19.6. The van der Waals surface area contributed by atoms with Crippen LogP contribution in [0.4, 0.5) is 10.5 Å². The van der Waals surface area contributed by atoms with Crippen LogP contribution in [0.2, 0.25) is 15.1 Å². The summed E-state index contributed by atoms with van der Waals surface area (Å²) in [5.41, 5.74) is 3.01. The van der Waals surface area contributed by atoms with E-state index in [4.69, 9.17) is 34.8 Å². The smallest absolute Gasteiger partial charge is 0.273 e. The molecule has 166 valence electrons. The highest BCUT2D eigenvalue weighted by atomic mass is 35.5. The van der Waals surface area contributed by atoms with Gasteiger partial charge in [0.25, 0.3) is 11.8 Å². The van der Waals surface area contributed by atoms with Gasteiger partial charge in [-0.1, -0.05) is 65.1 Å². The van der Waals surface area contributed by atoms with Crippen LogP contribution in [0.15, 0.2) is 66.2 Å². The molecule has 4 amide bonds. The number of urea groups is 1. The molecule has 3 aromatic rings. The number of carbonyl (C=O) groups is 3. The Labute approximate surface area is 205 Å². The number of hydrogen-bond donors (Lipinski definition) is 1. The van der Waals surface area contributed by atoms with Gasteiger partial charge >= 0.3 is 6.03 Å². The molecule has 4 rings (SSSR count). The van der Waals surface area contributed by atoms with Gasteiger partial charge in [-0.25, -0.2) is 9.69 Å². The zero-order chi connectivity index (χ0) is 23.7. The van der Waals surface area contributed by atoms with Crippen molar-refractivity contribution in [3.05, 3.63) is 104 Å². The first-order valence-electron chi connectivity index (χ1n) is 9.94. The number of benzene rings is 3. The molecule has 1 aliphatic heterocycles. The molecule has 1 saturated heterocycles. The molecule has 33 heavy (non-hydrogen) atoms. The van der Waals surface area contributed by atoms with Gasteiger partial charge in [-0.2, -0.15) is 0 Å². The van der Waals surface area contributed by atoms with Gasteiger partial charge < -0.3 is 0 Å². The number of nitrogens with zero attached hydrogens (tertiary/aromatic N) is 1. The highest BCUT2D eigenvalue weighted by molar-refractivity contribution is 6.40. The number of imide groups is 2. The van der Waals surface area contributed by atoms with Gasteiger partial charge in [0, 0.05) is 15.1 Å². The molecule has 0 aromatic heterocycles. The minimum absolute atomic E-state index is 0.198. The predicted molar refractivity (Wildman–Crippen MR) is 131 cm³/mol. The first-order chi connectivity index (χ1) is 15.7. The van der Waals surface area contributed by atoms with Crippen molar-refractivity contribution in [1.82, 2.24) is 5.32 Å². The zero-order valence-electron chi connectivity index (χ0n) is 17.4. The number of halogens is 3. The average molecular weight is 500 g/mol. The van der Waals surface area contributed by atoms with E-state index in [1.54, 1.807) is 37.3 Å². The third-order valence-corrected chi connectivity index (χ3v) is 6.10. The molecule has 0 atom stereocenters. The molecular weight excluding hydrogens is 483 g/mol. The molecule has 1 N–H and O–H groups in total. The van der Waals surface area contributed by atoms with E-state index in [1.807, 2.05) is 24.3 Å². The molecule has 0 aliphatic carbocycles. The number of anilines is 1. The SMILES string of the molecule is Cc1ccc(Cl)cc1N1C(=O)NC(=O)/C(=C\c2cc(Cl)ccc2Cc2ccccc2Cl)C1=O. The third kappa shape index (κ3) is 4.81. The lowest BCUT2D eigenvalue weighted by molar-refractivity contribution is -0.122. The molecule has 0 unspecified atom stereocenters. The largest absolute Gasteiger partial charge is 0.335 e. The van der Waals surface area contributed by atoms with Crippen LogP contribution < -0.4 is 10.2 Å². The maximum atomic E-state index is 13.3. The predicted octanol–water partition coefficient (Wildman–Crippen LogP) is 6.21. The topological polar surface area (TPSA) is 66.5 Å². The van der Waals surface area contributed by atoms with Crippen molar-refractivity contribution in [1.29, 1.82) is 0 Å². The lowest BCUT2D eigenvalue weighted by atomic mass is 9.97. The first kappa shape index (κ1) is 23.1. The maximum Gasteiger partial charge on any atom is 0.335 e. The number of carbonyl (C=O) groups excluding carboxylic acids is 3. The molecule has 1 aliphatic rings. The van der Waals surface area contributed by atoms with Crippen molar-refractivity contribution >= 4 is 64.4 Å². The second-order valence-corrected chi connectivity index (χ2v) is 8.78. The summed E-state index contributed by atoms with van der Waals surface area (Å²) in [6.07, 6.45) is 1.90. The van der Waals surface area contributed by atoms with E-state index in [9.17, 15) is 14.4 Å². The van der Waals surface area contributed by atoms with Gasteiger partial charge in [0.2, 0.25) is 0 Å². The minimum atomic E-state index is -0.838. The average Bonchev–Trinajstić information content (AvgIpc) is 2.76. The molecule has 3 aromatic carbocycles. The maximum absolute atomic E-state index is 13.3. The summed E-state index contributed by atoms with van der Waals surface area (Å²) in [4.78, 5) is 39.4. The van der Waals surface area contributed by atoms with Crippen LogP contribution in [0.25, 0.3) is 6.08 Å². The molecular formula is C25H17Cl3N2O3. The third-order valence-electron chi connectivity index (χ3n) is 5.26. The van der Waals surface area contributed by atoms with Crippen molar-refractivity contribution in [2.24, 2.45) is 0 Å². The summed E-state index contributed by atoms with van der Waals surface area (Å²) in [5, 5.41) is 3.63. The van der Waals surface area contributed by atoms with Crippen LogP contribution >= 0.6 is 34.8 Å². The fourth-order valence-corrected chi connectivity index (χ4v) is 4.11. The van der Waals surface area contributed by atoms with Crippen molar-refractivity contribution < 1.29 is 14.4 Å². The Balaban J connectivity index is 1.78.